The topological polar surface area (TPSA) is 57.5 Å². The minimum absolute atomic E-state index is 0.143. The number of hydrogen-bond acceptors (Lipinski definition) is 2. The molecule has 0 radical (unpaired) electrons. The Labute approximate surface area is 232 Å². The van der Waals surface area contributed by atoms with Crippen molar-refractivity contribution in [1.82, 2.24) is 0 Å². The molecule has 0 aromatic rings. The van der Waals surface area contributed by atoms with Crippen LogP contribution < -0.4 is 0 Å². The molecule has 0 bridgehead atoms. The standard InChI is InChI=1S/C34H66O3/c1-3-5-7-9-10-11-12-13-14-15-16-18-21-24-28-32(34(36)37)29-25-22-19-17-20-23-27-31-33(35)30-26-8-6-4-2/h23,27,32-33,35H,3-22,24-26,28-31H2,1-2H3,(H,36,37)/t32?,33-/m1/s1. The van der Waals surface area contributed by atoms with E-state index in [9.17, 15) is 15.0 Å². The second-order valence-corrected chi connectivity index (χ2v) is 11.6. The molecule has 1 unspecified atom stereocenters. The molecule has 3 nitrogen and oxygen atoms in total. The molecule has 0 saturated heterocycles. The first-order chi connectivity index (χ1) is 18.1. The molecule has 0 amide bonds. The predicted octanol–water partition coefficient (Wildman–Crippen LogP) is 11.2. The van der Waals surface area contributed by atoms with Gasteiger partial charge in [-0.2, -0.15) is 0 Å². The first kappa shape index (κ1) is 36.2. The zero-order valence-corrected chi connectivity index (χ0v) is 25.2. The van der Waals surface area contributed by atoms with Gasteiger partial charge >= 0.3 is 5.97 Å². The molecule has 0 aromatic heterocycles. The summed E-state index contributed by atoms with van der Waals surface area (Å²) in [5.41, 5.74) is 0. The number of rotatable bonds is 30. The fraction of sp³-hybridized carbons (Fsp3) is 0.912. The van der Waals surface area contributed by atoms with Crippen LogP contribution in [0, 0.1) is 5.92 Å². The average Bonchev–Trinajstić information content (AvgIpc) is 2.88. The Morgan fingerprint density at radius 1 is 0.541 bits per heavy atom. The number of unbranched alkanes of at least 4 members (excludes halogenated alkanes) is 20. The minimum Gasteiger partial charge on any atom is -0.481 e. The molecule has 0 aromatic carbocycles. The number of aliphatic carboxylic acids is 1. The summed E-state index contributed by atoms with van der Waals surface area (Å²) in [6.45, 7) is 4.49. The molecule has 0 heterocycles. The second kappa shape index (κ2) is 29.7. The zero-order valence-electron chi connectivity index (χ0n) is 25.2. The Morgan fingerprint density at radius 3 is 1.38 bits per heavy atom. The van der Waals surface area contributed by atoms with E-state index in [4.69, 9.17) is 0 Å². The van der Waals surface area contributed by atoms with Gasteiger partial charge in [-0.15, -0.1) is 0 Å². The van der Waals surface area contributed by atoms with Crippen LogP contribution >= 0.6 is 0 Å². The number of allylic oxidation sites excluding steroid dienone is 1. The SMILES string of the molecule is CCCCCCCCCCCCCCCCC(CCCCCCC=CC[C@H](O)CCCCCC)C(=O)O. The molecule has 0 rings (SSSR count). The molecule has 0 aliphatic heterocycles. The van der Waals surface area contributed by atoms with Crippen LogP contribution in [-0.2, 0) is 4.79 Å². The van der Waals surface area contributed by atoms with Crippen molar-refractivity contribution >= 4 is 5.97 Å². The van der Waals surface area contributed by atoms with E-state index in [0.29, 0.717) is 0 Å². The molecular weight excluding hydrogens is 456 g/mol. The molecular formula is C34H66O3. The van der Waals surface area contributed by atoms with Crippen LogP contribution in [0.25, 0.3) is 0 Å². The molecule has 220 valence electrons. The third-order valence-corrected chi connectivity index (χ3v) is 7.89. The van der Waals surface area contributed by atoms with Crippen molar-refractivity contribution in [2.45, 2.75) is 193 Å². The lowest BCUT2D eigenvalue weighted by Crippen LogP contribution is -2.13. The van der Waals surface area contributed by atoms with E-state index in [2.05, 4.69) is 26.0 Å². The summed E-state index contributed by atoms with van der Waals surface area (Å²) in [6.07, 6.45) is 36.9. The van der Waals surface area contributed by atoms with Gasteiger partial charge in [0.2, 0.25) is 0 Å². The maximum atomic E-state index is 11.6. The van der Waals surface area contributed by atoms with Gasteiger partial charge in [0, 0.05) is 0 Å². The van der Waals surface area contributed by atoms with Crippen molar-refractivity contribution in [2.75, 3.05) is 0 Å². The minimum atomic E-state index is -0.592. The molecule has 2 N–H and O–H groups in total. The van der Waals surface area contributed by atoms with Crippen molar-refractivity contribution in [2.24, 2.45) is 5.92 Å². The lowest BCUT2D eigenvalue weighted by atomic mass is 9.94. The van der Waals surface area contributed by atoms with Gasteiger partial charge in [-0.05, 0) is 38.5 Å². The highest BCUT2D eigenvalue weighted by molar-refractivity contribution is 5.69. The van der Waals surface area contributed by atoms with Gasteiger partial charge in [0.05, 0.1) is 12.0 Å². The number of hydrogen-bond donors (Lipinski definition) is 2. The van der Waals surface area contributed by atoms with Gasteiger partial charge in [0.15, 0.2) is 0 Å². The molecule has 37 heavy (non-hydrogen) atoms. The van der Waals surface area contributed by atoms with Gasteiger partial charge in [-0.3, -0.25) is 4.79 Å². The third-order valence-electron chi connectivity index (χ3n) is 7.89. The number of carboxylic acids is 1. The summed E-state index contributed by atoms with van der Waals surface area (Å²) in [5.74, 6) is -0.734. The highest BCUT2D eigenvalue weighted by atomic mass is 16.4. The molecule has 0 spiro atoms. The summed E-state index contributed by atoms with van der Waals surface area (Å²) < 4.78 is 0. The quantitative estimate of drug-likeness (QED) is 0.0728. The fourth-order valence-corrected chi connectivity index (χ4v) is 5.28. The van der Waals surface area contributed by atoms with Crippen LogP contribution in [0.1, 0.15) is 187 Å². The summed E-state index contributed by atoms with van der Waals surface area (Å²) >= 11 is 0. The smallest absolute Gasteiger partial charge is 0.306 e. The number of carboxylic acid groups (broad SMARTS) is 1. The van der Waals surface area contributed by atoms with Crippen molar-refractivity contribution < 1.29 is 15.0 Å². The Balaban J connectivity index is 3.53. The Bertz CT molecular complexity index is 487. The lowest BCUT2D eigenvalue weighted by Gasteiger charge is -2.12. The van der Waals surface area contributed by atoms with Crippen LogP contribution in [0.15, 0.2) is 12.2 Å². The first-order valence-corrected chi connectivity index (χ1v) is 16.7. The molecule has 2 atom stereocenters. The van der Waals surface area contributed by atoms with Crippen LogP contribution in [-0.4, -0.2) is 22.3 Å². The average molecular weight is 523 g/mol. The van der Waals surface area contributed by atoms with Crippen molar-refractivity contribution in [1.29, 1.82) is 0 Å². The van der Waals surface area contributed by atoms with E-state index in [1.807, 2.05) is 0 Å². The Kier molecular flexibility index (Phi) is 29.1. The third kappa shape index (κ3) is 28.0. The van der Waals surface area contributed by atoms with Gasteiger partial charge in [0.1, 0.15) is 0 Å². The molecule has 0 aliphatic rings. The van der Waals surface area contributed by atoms with E-state index in [0.717, 1.165) is 57.8 Å². The van der Waals surface area contributed by atoms with Crippen LogP contribution in [0.4, 0.5) is 0 Å². The highest BCUT2D eigenvalue weighted by Gasteiger charge is 2.16. The summed E-state index contributed by atoms with van der Waals surface area (Å²) in [4.78, 5) is 11.6. The van der Waals surface area contributed by atoms with E-state index in [1.165, 1.54) is 116 Å². The van der Waals surface area contributed by atoms with E-state index in [-0.39, 0.29) is 12.0 Å². The second-order valence-electron chi connectivity index (χ2n) is 11.6. The maximum Gasteiger partial charge on any atom is 0.306 e. The van der Waals surface area contributed by atoms with Crippen molar-refractivity contribution in [3.8, 4) is 0 Å². The van der Waals surface area contributed by atoms with Gasteiger partial charge in [-0.1, -0.05) is 161 Å². The lowest BCUT2D eigenvalue weighted by molar-refractivity contribution is -0.142. The monoisotopic (exact) mass is 523 g/mol. The predicted molar refractivity (Wildman–Crippen MR) is 162 cm³/mol. The highest BCUT2D eigenvalue weighted by Crippen LogP contribution is 2.20. The number of aliphatic hydroxyl groups excluding tert-OH is 1. The van der Waals surface area contributed by atoms with Gasteiger partial charge in [-0.25, -0.2) is 0 Å². The van der Waals surface area contributed by atoms with E-state index in [1.54, 1.807) is 0 Å². The summed E-state index contributed by atoms with van der Waals surface area (Å²) in [5, 5.41) is 19.6. The molecule has 3 heteroatoms. The van der Waals surface area contributed by atoms with E-state index >= 15 is 0 Å². The molecule has 0 aliphatic carbocycles. The van der Waals surface area contributed by atoms with Crippen LogP contribution in [0.2, 0.25) is 0 Å². The first-order valence-electron chi connectivity index (χ1n) is 16.7. The zero-order chi connectivity index (χ0) is 27.2. The van der Waals surface area contributed by atoms with Crippen LogP contribution in [0.3, 0.4) is 0 Å². The maximum absolute atomic E-state index is 11.6. The Hall–Kier alpha value is -0.830. The van der Waals surface area contributed by atoms with Gasteiger partial charge in [0.25, 0.3) is 0 Å². The summed E-state index contributed by atoms with van der Waals surface area (Å²) in [7, 11) is 0. The Morgan fingerprint density at radius 2 is 0.919 bits per heavy atom. The van der Waals surface area contributed by atoms with Crippen molar-refractivity contribution in [3.05, 3.63) is 12.2 Å². The van der Waals surface area contributed by atoms with Crippen molar-refractivity contribution in [3.63, 3.8) is 0 Å². The van der Waals surface area contributed by atoms with Crippen LogP contribution in [0.5, 0.6) is 0 Å². The van der Waals surface area contributed by atoms with Gasteiger partial charge < -0.3 is 10.2 Å². The van der Waals surface area contributed by atoms with E-state index < -0.39 is 5.97 Å². The molecule has 0 saturated carbocycles. The molecule has 0 fully saturated rings. The fourth-order valence-electron chi connectivity index (χ4n) is 5.28. The summed E-state index contributed by atoms with van der Waals surface area (Å²) in [6, 6.07) is 0. The normalized spacial score (nSPS) is 13.4. The number of aliphatic hydroxyl groups is 1. The number of carbonyl (C=O) groups is 1. The largest absolute Gasteiger partial charge is 0.481 e.